The van der Waals surface area contributed by atoms with Crippen LogP contribution in [0, 0.1) is 34.5 Å². The molecule has 0 amide bonds. The molecule has 5 saturated carbocycles. The summed E-state index contributed by atoms with van der Waals surface area (Å²) in [6.07, 6.45) is 21.3. The molecule has 7 fully saturated rings. The van der Waals surface area contributed by atoms with Gasteiger partial charge in [-0.3, -0.25) is 0 Å². The van der Waals surface area contributed by atoms with Crippen LogP contribution in [0.15, 0.2) is 22.7 Å². The molecule has 7 heteroatoms. The molecule has 11 aliphatic rings. The van der Waals surface area contributed by atoms with Crippen molar-refractivity contribution in [1.29, 1.82) is 0 Å². The Morgan fingerprint density at radius 3 is 1.78 bits per heavy atom. The molecular formula is C42H63BN2O2S2. The summed E-state index contributed by atoms with van der Waals surface area (Å²) in [5, 5.41) is 2.99. The summed E-state index contributed by atoms with van der Waals surface area (Å²) in [7, 11) is 0. The molecular weight excluding hydrogens is 639 g/mol. The Kier molecular flexibility index (Phi) is 7.17. The third-order valence-electron chi connectivity index (χ3n) is 16.7. The Labute approximate surface area is 306 Å². The van der Waals surface area contributed by atoms with E-state index >= 15 is 0 Å². The molecule has 6 aliphatic heterocycles. The molecule has 0 radical (unpaired) electrons. The Bertz CT molecular complexity index is 1450. The first-order valence-electron chi connectivity index (χ1n) is 21.2. The van der Waals surface area contributed by atoms with Crippen LogP contribution in [-0.4, -0.2) is 73.9 Å². The highest BCUT2D eigenvalue weighted by Crippen LogP contribution is 2.68. The van der Waals surface area contributed by atoms with Crippen LogP contribution in [0.5, 0.6) is 0 Å². The fourth-order valence-electron chi connectivity index (χ4n) is 14.4. The average molecular weight is 703 g/mol. The maximum atomic E-state index is 7.53. The van der Waals surface area contributed by atoms with E-state index in [9.17, 15) is 0 Å². The number of nitrogens with zero attached hydrogens (tertiary/aromatic N) is 2. The van der Waals surface area contributed by atoms with Crippen molar-refractivity contribution in [3.63, 3.8) is 0 Å². The van der Waals surface area contributed by atoms with E-state index in [1.165, 1.54) is 108 Å². The SMILES string of the molecule is CC(C)(C)C1CCC2C(C1)SC1CC3SC4CC(C(C)(C)C)CCC4N4C5=C(OC6CCCCC56)B5C6=C(OC7CCCCC67)N2C1C5C34. The highest BCUT2D eigenvalue weighted by atomic mass is 32.2. The van der Waals surface area contributed by atoms with Gasteiger partial charge in [-0.15, -0.1) is 0 Å². The van der Waals surface area contributed by atoms with E-state index in [1.54, 1.807) is 11.2 Å². The molecule has 6 heterocycles. The average Bonchev–Trinajstić information content (AvgIpc) is 3.65. The monoisotopic (exact) mass is 702 g/mol. The molecule has 5 aliphatic carbocycles. The number of rotatable bonds is 0. The summed E-state index contributed by atoms with van der Waals surface area (Å²) in [4.78, 5) is 6.33. The highest BCUT2D eigenvalue weighted by molar-refractivity contribution is 8.01. The first kappa shape index (κ1) is 31.9. The van der Waals surface area contributed by atoms with Crippen LogP contribution >= 0.6 is 23.5 Å². The summed E-state index contributed by atoms with van der Waals surface area (Å²) in [5.74, 6) is 5.01. The smallest absolute Gasteiger partial charge is 0.266 e. The number of hydrogen-bond acceptors (Lipinski definition) is 6. The number of hydrogen-bond donors (Lipinski definition) is 0. The van der Waals surface area contributed by atoms with Crippen LogP contribution < -0.4 is 0 Å². The molecule has 0 aromatic heterocycles. The van der Waals surface area contributed by atoms with Crippen LogP contribution in [0.25, 0.3) is 0 Å². The van der Waals surface area contributed by atoms with E-state index in [0.717, 1.165) is 27.6 Å². The zero-order valence-corrected chi connectivity index (χ0v) is 33.0. The predicted molar refractivity (Wildman–Crippen MR) is 205 cm³/mol. The van der Waals surface area contributed by atoms with E-state index in [1.807, 2.05) is 0 Å². The molecule has 49 heavy (non-hydrogen) atoms. The van der Waals surface area contributed by atoms with E-state index < -0.39 is 0 Å². The quantitative estimate of drug-likeness (QED) is 0.233. The number of ether oxygens (including phenoxy) is 2. The zero-order valence-electron chi connectivity index (χ0n) is 31.4. The van der Waals surface area contributed by atoms with Crippen molar-refractivity contribution in [2.24, 2.45) is 34.5 Å². The van der Waals surface area contributed by atoms with Gasteiger partial charge in [-0.2, -0.15) is 23.5 Å². The summed E-state index contributed by atoms with van der Waals surface area (Å²) >= 11 is 5.01. The largest absolute Gasteiger partial charge is 0.502 e. The van der Waals surface area contributed by atoms with Crippen molar-refractivity contribution in [3.8, 4) is 0 Å². The number of fused-ring (bicyclic) bond motifs is 12. The molecule has 0 aromatic rings. The van der Waals surface area contributed by atoms with Gasteiger partial charge in [-0.05, 0) is 117 Å². The molecule has 11 rings (SSSR count). The first-order chi connectivity index (χ1) is 23.6. The van der Waals surface area contributed by atoms with Crippen LogP contribution in [0.3, 0.4) is 0 Å². The van der Waals surface area contributed by atoms with Gasteiger partial charge in [-0.25, -0.2) is 0 Å². The molecule has 0 spiro atoms. The van der Waals surface area contributed by atoms with Gasteiger partial charge in [-0.1, -0.05) is 54.4 Å². The van der Waals surface area contributed by atoms with Crippen molar-refractivity contribution >= 4 is 30.2 Å². The minimum absolute atomic E-state index is 0.401. The second kappa shape index (κ2) is 11.0. The van der Waals surface area contributed by atoms with Gasteiger partial charge in [0.25, 0.3) is 6.71 Å². The molecule has 0 aromatic carbocycles. The van der Waals surface area contributed by atoms with E-state index in [-0.39, 0.29) is 0 Å². The van der Waals surface area contributed by atoms with E-state index in [4.69, 9.17) is 9.47 Å². The maximum Gasteiger partial charge on any atom is 0.266 e. The van der Waals surface area contributed by atoms with Gasteiger partial charge in [0, 0.05) is 62.7 Å². The molecule has 15 atom stereocenters. The van der Waals surface area contributed by atoms with Crippen molar-refractivity contribution in [2.45, 2.75) is 201 Å². The van der Waals surface area contributed by atoms with Gasteiger partial charge in [0.15, 0.2) is 5.88 Å². The van der Waals surface area contributed by atoms with E-state index in [0.29, 0.717) is 76.8 Å². The zero-order chi connectivity index (χ0) is 33.1. The topological polar surface area (TPSA) is 24.9 Å². The van der Waals surface area contributed by atoms with Crippen molar-refractivity contribution in [3.05, 3.63) is 22.7 Å². The summed E-state index contributed by atoms with van der Waals surface area (Å²) in [6, 6.07) is 2.63. The van der Waals surface area contributed by atoms with Crippen LogP contribution in [0.2, 0.25) is 5.82 Å². The lowest BCUT2D eigenvalue weighted by atomic mass is 9.27. The third-order valence-corrected chi connectivity index (χ3v) is 20.1. The molecule has 268 valence electrons. The normalized spacial score (nSPS) is 49.5. The first-order valence-corrected chi connectivity index (χ1v) is 23.1. The van der Waals surface area contributed by atoms with Gasteiger partial charge >= 0.3 is 0 Å². The maximum absolute atomic E-state index is 7.53. The summed E-state index contributed by atoms with van der Waals surface area (Å²) < 4.78 is 15.0. The second-order valence-corrected chi connectivity index (χ2v) is 24.0. The minimum atomic E-state index is 0.401. The third kappa shape index (κ3) is 4.51. The predicted octanol–water partition coefficient (Wildman–Crippen LogP) is 9.70. The highest BCUT2D eigenvalue weighted by Gasteiger charge is 2.71. The summed E-state index contributed by atoms with van der Waals surface area (Å²) in [5.41, 5.74) is 5.84. The lowest BCUT2D eigenvalue weighted by molar-refractivity contribution is -0.0283. The fraction of sp³-hybridized carbons (Fsp3) is 0.905. The Morgan fingerprint density at radius 2 is 1.14 bits per heavy atom. The fourth-order valence-corrected chi connectivity index (χ4v) is 18.6. The standard InChI is InChI=1S/C42H63BN2O2S2/c1-41(2,3)22-15-17-26-30(19-22)48-32-21-33-38-35-37(32)44(26)36-25-12-8-10-14-29(25)46-39(36)43(35)34-24-11-7-9-13-28(24)47-40(34)45(38)27-18-16-23(42(4,5)6)20-31(27)49-33/h22-33,35,37-38H,7-21H2,1-6H3. The lowest BCUT2D eigenvalue weighted by Crippen LogP contribution is -2.74. The van der Waals surface area contributed by atoms with Gasteiger partial charge in [0.1, 0.15) is 12.2 Å². The second-order valence-electron chi connectivity index (χ2n) is 21.0. The molecule has 4 nitrogen and oxygen atoms in total. The van der Waals surface area contributed by atoms with E-state index in [2.05, 4.69) is 74.9 Å². The molecule has 2 saturated heterocycles. The van der Waals surface area contributed by atoms with Crippen LogP contribution in [0.4, 0.5) is 0 Å². The minimum Gasteiger partial charge on any atom is -0.502 e. The van der Waals surface area contributed by atoms with Crippen molar-refractivity contribution in [2.75, 3.05) is 0 Å². The molecule has 15 unspecified atom stereocenters. The van der Waals surface area contributed by atoms with Crippen LogP contribution in [0.1, 0.15) is 138 Å². The molecule has 0 N–H and O–H groups in total. The number of thioether (sulfide) groups is 2. The van der Waals surface area contributed by atoms with Crippen LogP contribution in [-0.2, 0) is 9.47 Å². The Balaban J connectivity index is 1.08. The Hall–Kier alpha value is -0.555. The summed E-state index contributed by atoms with van der Waals surface area (Å²) in [6.45, 7) is 15.6. The Morgan fingerprint density at radius 1 is 0.592 bits per heavy atom. The van der Waals surface area contributed by atoms with Gasteiger partial charge in [0.05, 0.1) is 5.66 Å². The van der Waals surface area contributed by atoms with Crippen molar-refractivity contribution < 1.29 is 9.47 Å². The van der Waals surface area contributed by atoms with Gasteiger partial charge in [0.2, 0.25) is 0 Å². The molecule has 0 bridgehead atoms. The lowest BCUT2D eigenvalue weighted by Gasteiger charge is -2.68. The van der Waals surface area contributed by atoms with Crippen molar-refractivity contribution in [1.82, 2.24) is 9.80 Å². The van der Waals surface area contributed by atoms with Gasteiger partial charge < -0.3 is 19.3 Å².